The number of carbonyl (C=O) groups excluding carboxylic acids is 2. The van der Waals surface area contributed by atoms with Crippen molar-refractivity contribution in [1.82, 2.24) is 9.97 Å². The molecule has 50 heavy (non-hydrogen) atoms. The number of para-hydroxylation sites is 1. The lowest BCUT2D eigenvalue weighted by molar-refractivity contribution is -0.275. The first kappa shape index (κ1) is 37.0. The normalized spacial score (nSPS) is 11.2. The van der Waals surface area contributed by atoms with Crippen LogP contribution in [0.25, 0.3) is 21.8 Å². The second-order valence-corrected chi connectivity index (χ2v) is 10.1. The molecule has 0 aliphatic rings. The molecule has 0 radical (unpaired) electrons. The van der Waals surface area contributed by atoms with Gasteiger partial charge in [0.05, 0.1) is 51.8 Å². The predicted molar refractivity (Wildman–Crippen MR) is 168 cm³/mol. The predicted octanol–water partition coefficient (Wildman–Crippen LogP) is 8.89. The highest BCUT2D eigenvalue weighted by molar-refractivity contribution is 6.38. The summed E-state index contributed by atoms with van der Waals surface area (Å²) in [6.45, 7) is 3.49. The summed E-state index contributed by atoms with van der Waals surface area (Å²) < 4.78 is 92.1. The van der Waals surface area contributed by atoms with Crippen molar-refractivity contribution in [2.45, 2.75) is 26.6 Å². The average molecular weight is 721 g/mol. The van der Waals surface area contributed by atoms with Gasteiger partial charge in [-0.2, -0.15) is 5.26 Å². The molecule has 2 aromatic heterocycles. The molecule has 2 heterocycles. The lowest BCUT2D eigenvalue weighted by Crippen LogP contribution is -2.17. The van der Waals surface area contributed by atoms with Gasteiger partial charge in [-0.3, -0.25) is 9.97 Å². The fourth-order valence-electron chi connectivity index (χ4n) is 4.38. The summed E-state index contributed by atoms with van der Waals surface area (Å²) >= 11 is 6.04. The van der Waals surface area contributed by atoms with E-state index >= 15 is 0 Å². The topological polar surface area (TPSA) is 133 Å². The lowest BCUT2D eigenvalue weighted by atomic mass is 10.1. The Morgan fingerprint density at radius 2 is 1.28 bits per heavy atom. The number of esters is 2. The number of halogens is 7. The lowest BCUT2D eigenvalue weighted by Gasteiger charge is -2.16. The van der Waals surface area contributed by atoms with E-state index in [0.29, 0.717) is 16.7 Å². The Bertz CT molecular complexity index is 2090. The van der Waals surface area contributed by atoms with Gasteiger partial charge in [0.25, 0.3) is 0 Å². The van der Waals surface area contributed by atoms with Crippen LogP contribution in [0.15, 0.2) is 73.1 Å². The van der Waals surface area contributed by atoms with Crippen LogP contribution in [-0.4, -0.2) is 47.8 Å². The van der Waals surface area contributed by atoms with Crippen molar-refractivity contribution in [1.29, 1.82) is 5.26 Å². The Labute approximate surface area is 284 Å². The van der Waals surface area contributed by atoms with E-state index in [2.05, 4.69) is 24.8 Å². The summed E-state index contributed by atoms with van der Waals surface area (Å²) in [5, 5.41) is 12.6. The molecule has 260 valence electrons. The number of nitriles is 1. The number of hydrogen-bond donors (Lipinski definition) is 1. The second kappa shape index (κ2) is 15.6. The van der Waals surface area contributed by atoms with Gasteiger partial charge in [0.15, 0.2) is 0 Å². The van der Waals surface area contributed by atoms with Crippen LogP contribution in [0.4, 0.5) is 37.7 Å². The first-order valence-corrected chi connectivity index (χ1v) is 14.6. The molecule has 0 spiro atoms. The molecule has 10 nitrogen and oxygen atoms in total. The Kier molecular flexibility index (Phi) is 11.5. The van der Waals surface area contributed by atoms with Crippen LogP contribution >= 0.6 is 11.6 Å². The first-order valence-electron chi connectivity index (χ1n) is 14.3. The van der Waals surface area contributed by atoms with Crippen LogP contribution in [-0.2, 0) is 9.47 Å². The number of aromatic nitrogens is 2. The molecule has 0 amide bonds. The third-order valence-electron chi connectivity index (χ3n) is 6.38. The Morgan fingerprint density at radius 1 is 0.780 bits per heavy atom. The largest absolute Gasteiger partial charge is 0.573 e. The van der Waals surface area contributed by atoms with Crippen molar-refractivity contribution >= 4 is 56.7 Å². The Balaban J connectivity index is 0.000000237. The standard InChI is InChI=1S/C20H14F3N3O3.C13H9ClF3NO3/c1-2-28-19(27)15-11-25-17-8-7-13(29-20(21,22)23)9-14(17)18(15)26-16-6-4-3-5-12(16)10-24;1-2-20-12(19)9-6-18-10-4-3-7(21-13(15,16)17)5-8(10)11(9)14/h3-9,11H,2H2,1H3,(H,25,26);3-6H,2H2,1H3. The molecule has 0 fully saturated rings. The van der Waals surface area contributed by atoms with Gasteiger partial charge in [0.1, 0.15) is 23.1 Å². The Morgan fingerprint density at radius 3 is 1.82 bits per heavy atom. The van der Waals surface area contributed by atoms with Crippen LogP contribution in [0.2, 0.25) is 5.02 Å². The van der Waals surface area contributed by atoms with Gasteiger partial charge in [-0.25, -0.2) is 9.59 Å². The summed E-state index contributed by atoms with van der Waals surface area (Å²) in [5.74, 6) is -2.32. The summed E-state index contributed by atoms with van der Waals surface area (Å²) in [6.07, 6.45) is -7.21. The third kappa shape index (κ3) is 9.41. The minimum Gasteiger partial charge on any atom is -0.462 e. The smallest absolute Gasteiger partial charge is 0.462 e. The Hall–Kier alpha value is -5.82. The maximum atomic E-state index is 12.6. The van der Waals surface area contributed by atoms with Crippen LogP contribution < -0.4 is 14.8 Å². The maximum Gasteiger partial charge on any atom is 0.573 e. The molecule has 5 aromatic rings. The number of pyridine rings is 2. The zero-order valence-corrected chi connectivity index (χ0v) is 26.5. The molecular weight excluding hydrogens is 698 g/mol. The molecule has 0 aliphatic carbocycles. The number of nitrogens with one attached hydrogen (secondary N) is 1. The first-order chi connectivity index (χ1) is 23.6. The van der Waals surface area contributed by atoms with E-state index in [9.17, 15) is 41.2 Å². The van der Waals surface area contributed by atoms with Crippen LogP contribution in [0.5, 0.6) is 11.5 Å². The number of benzene rings is 3. The SMILES string of the molecule is CCOC(=O)c1cnc2ccc(OC(F)(F)F)cc2c1Cl.CCOC(=O)c1cnc2ccc(OC(F)(F)F)cc2c1Nc1ccccc1C#N. The van der Waals surface area contributed by atoms with Gasteiger partial charge < -0.3 is 24.3 Å². The summed E-state index contributed by atoms with van der Waals surface area (Å²) in [6, 6.07) is 15.6. The van der Waals surface area contributed by atoms with E-state index in [1.165, 1.54) is 24.5 Å². The van der Waals surface area contributed by atoms with Crippen LogP contribution in [0.3, 0.4) is 0 Å². The second-order valence-electron chi connectivity index (χ2n) is 9.71. The zero-order chi connectivity index (χ0) is 36.6. The van der Waals surface area contributed by atoms with Gasteiger partial charge in [0, 0.05) is 23.2 Å². The highest BCUT2D eigenvalue weighted by Gasteiger charge is 2.32. The van der Waals surface area contributed by atoms with Crippen molar-refractivity contribution in [2.24, 2.45) is 0 Å². The molecular formula is C33H23ClF6N4O6. The van der Waals surface area contributed by atoms with E-state index in [1.807, 2.05) is 6.07 Å². The average Bonchev–Trinajstić information content (AvgIpc) is 3.04. The molecule has 5 rings (SSSR count). The monoisotopic (exact) mass is 720 g/mol. The number of alkyl halides is 6. The van der Waals surface area contributed by atoms with E-state index < -0.39 is 36.2 Å². The number of rotatable bonds is 8. The van der Waals surface area contributed by atoms with Gasteiger partial charge in [-0.15, -0.1) is 26.3 Å². The van der Waals surface area contributed by atoms with E-state index in [0.717, 1.165) is 24.3 Å². The fourth-order valence-corrected chi connectivity index (χ4v) is 4.66. The number of fused-ring (bicyclic) bond motifs is 2. The molecule has 1 N–H and O–H groups in total. The summed E-state index contributed by atoms with van der Waals surface area (Å²) in [7, 11) is 0. The molecule has 0 saturated heterocycles. The van der Waals surface area contributed by atoms with Crippen molar-refractivity contribution in [3.63, 3.8) is 0 Å². The number of hydrogen-bond acceptors (Lipinski definition) is 10. The van der Waals surface area contributed by atoms with Crippen LogP contribution in [0, 0.1) is 11.3 Å². The van der Waals surface area contributed by atoms with Gasteiger partial charge in [-0.1, -0.05) is 23.7 Å². The molecule has 0 aliphatic heterocycles. The van der Waals surface area contributed by atoms with E-state index in [4.69, 9.17) is 21.1 Å². The molecule has 0 saturated carbocycles. The van der Waals surface area contributed by atoms with E-state index in [1.54, 1.807) is 38.1 Å². The minimum atomic E-state index is -4.87. The van der Waals surface area contributed by atoms with Crippen molar-refractivity contribution < 1.29 is 54.9 Å². The summed E-state index contributed by atoms with van der Waals surface area (Å²) in [4.78, 5) is 32.1. The zero-order valence-electron chi connectivity index (χ0n) is 25.8. The highest BCUT2D eigenvalue weighted by atomic mass is 35.5. The van der Waals surface area contributed by atoms with E-state index in [-0.39, 0.29) is 51.4 Å². The number of ether oxygens (including phenoxy) is 4. The highest BCUT2D eigenvalue weighted by Crippen LogP contribution is 2.35. The van der Waals surface area contributed by atoms with Crippen molar-refractivity contribution in [3.8, 4) is 17.6 Å². The van der Waals surface area contributed by atoms with Crippen LogP contribution in [0.1, 0.15) is 40.1 Å². The molecule has 0 atom stereocenters. The number of nitrogens with zero attached hydrogens (tertiary/aromatic N) is 3. The third-order valence-corrected chi connectivity index (χ3v) is 6.79. The fraction of sp³-hybridized carbons (Fsp3) is 0.182. The van der Waals surface area contributed by atoms with Gasteiger partial charge in [0.2, 0.25) is 0 Å². The molecule has 0 unspecified atom stereocenters. The molecule has 17 heteroatoms. The molecule has 3 aromatic carbocycles. The summed E-state index contributed by atoms with van der Waals surface area (Å²) in [5.41, 5.74) is 1.47. The van der Waals surface area contributed by atoms with Crippen molar-refractivity contribution in [3.05, 3.63) is 94.8 Å². The minimum absolute atomic E-state index is 0.0104. The van der Waals surface area contributed by atoms with Crippen molar-refractivity contribution in [2.75, 3.05) is 18.5 Å². The number of carbonyl (C=O) groups is 2. The molecule has 0 bridgehead atoms. The quantitative estimate of drug-likeness (QED) is 0.122. The number of anilines is 2. The van der Waals surface area contributed by atoms with Gasteiger partial charge >= 0.3 is 24.7 Å². The van der Waals surface area contributed by atoms with Gasteiger partial charge in [-0.05, 0) is 62.4 Å². The maximum absolute atomic E-state index is 12.6.